The standard InChI is InChI=1S/C6H5.C3H9N/c1-2-4-6-5-3-1;1-4(2)3/h1-5H;1-3H3. The van der Waals surface area contributed by atoms with E-state index in [0.717, 1.165) is 0 Å². The summed E-state index contributed by atoms with van der Waals surface area (Å²) in [6, 6.07) is 12.5. The summed E-state index contributed by atoms with van der Waals surface area (Å²) in [4.78, 5) is 2.00. The minimum Gasteiger partial charge on any atom is -0.312 e. The lowest BCUT2D eigenvalue weighted by molar-refractivity contribution is 0.505. The van der Waals surface area contributed by atoms with E-state index in [2.05, 4.69) is 6.07 Å². The van der Waals surface area contributed by atoms with Gasteiger partial charge in [0.2, 0.25) is 0 Å². The normalized spacial score (nSPS) is 8.40. The third-order valence-electron chi connectivity index (χ3n) is 0.607. The molecule has 1 rings (SSSR count). The first-order chi connectivity index (χ1) is 4.73. The lowest BCUT2D eigenvalue weighted by Gasteiger charge is -1.90. The molecule has 0 amide bonds. The fraction of sp³-hybridized carbons (Fsp3) is 0.333. The van der Waals surface area contributed by atoms with Crippen molar-refractivity contribution in [1.29, 1.82) is 0 Å². The molecule has 55 valence electrons. The van der Waals surface area contributed by atoms with Crippen LogP contribution in [0.2, 0.25) is 0 Å². The topological polar surface area (TPSA) is 3.24 Å². The highest BCUT2D eigenvalue weighted by molar-refractivity contribution is 4.97. The molecular weight excluding hydrogens is 122 g/mol. The van der Waals surface area contributed by atoms with Gasteiger partial charge in [-0.2, -0.15) is 0 Å². The maximum absolute atomic E-state index is 2.89. The Bertz CT molecular complexity index is 105. The van der Waals surface area contributed by atoms with Crippen LogP contribution in [0.25, 0.3) is 0 Å². The summed E-state index contributed by atoms with van der Waals surface area (Å²) in [6.45, 7) is 0. The lowest BCUT2D eigenvalue weighted by atomic mass is 10.4. The van der Waals surface area contributed by atoms with E-state index >= 15 is 0 Å². The number of hydrogen-bond donors (Lipinski definition) is 0. The van der Waals surface area contributed by atoms with Crippen molar-refractivity contribution in [1.82, 2.24) is 4.90 Å². The quantitative estimate of drug-likeness (QED) is 0.524. The van der Waals surface area contributed by atoms with Gasteiger partial charge in [0.25, 0.3) is 0 Å². The van der Waals surface area contributed by atoms with Gasteiger partial charge >= 0.3 is 0 Å². The molecular formula is C9H14N. The van der Waals surface area contributed by atoms with Crippen molar-refractivity contribution in [2.45, 2.75) is 0 Å². The van der Waals surface area contributed by atoms with E-state index in [1.165, 1.54) is 0 Å². The summed E-state index contributed by atoms with van der Waals surface area (Å²) in [6.07, 6.45) is 0. The summed E-state index contributed by atoms with van der Waals surface area (Å²) in [5.74, 6) is 0. The molecule has 1 radical (unpaired) electrons. The molecule has 1 heteroatoms. The number of nitrogens with zero attached hydrogens (tertiary/aromatic N) is 1. The molecule has 1 aromatic rings. The van der Waals surface area contributed by atoms with E-state index in [0.29, 0.717) is 0 Å². The van der Waals surface area contributed by atoms with E-state index in [4.69, 9.17) is 0 Å². The molecule has 0 spiro atoms. The first kappa shape index (κ1) is 9.18. The number of rotatable bonds is 0. The Hall–Kier alpha value is -0.820. The second-order valence-electron chi connectivity index (χ2n) is 2.42. The first-order valence-corrected chi connectivity index (χ1v) is 3.25. The molecule has 1 aromatic carbocycles. The zero-order valence-electron chi connectivity index (χ0n) is 6.83. The molecule has 0 saturated carbocycles. The minimum atomic E-state index is 1.88. The maximum atomic E-state index is 2.89. The third-order valence-corrected chi connectivity index (χ3v) is 0.607. The van der Waals surface area contributed by atoms with Crippen LogP contribution in [0.5, 0.6) is 0 Å². The molecule has 0 unspecified atom stereocenters. The highest BCUT2D eigenvalue weighted by Gasteiger charge is 1.59. The van der Waals surface area contributed by atoms with Gasteiger partial charge in [0.1, 0.15) is 0 Å². The van der Waals surface area contributed by atoms with Crippen molar-refractivity contribution >= 4 is 0 Å². The predicted molar refractivity (Wildman–Crippen MR) is 44.9 cm³/mol. The van der Waals surface area contributed by atoms with Crippen LogP contribution >= 0.6 is 0 Å². The van der Waals surface area contributed by atoms with Gasteiger partial charge in [0, 0.05) is 0 Å². The fourth-order valence-corrected chi connectivity index (χ4v) is 0.342. The second kappa shape index (κ2) is 6.30. The van der Waals surface area contributed by atoms with Crippen molar-refractivity contribution in [3.05, 3.63) is 36.4 Å². The van der Waals surface area contributed by atoms with Crippen molar-refractivity contribution in [2.24, 2.45) is 0 Å². The number of hydrogen-bond acceptors (Lipinski definition) is 1. The van der Waals surface area contributed by atoms with Crippen LogP contribution < -0.4 is 0 Å². The Labute approximate surface area is 63.3 Å². The summed E-state index contributed by atoms with van der Waals surface area (Å²) >= 11 is 0. The van der Waals surface area contributed by atoms with Crippen molar-refractivity contribution in [3.8, 4) is 0 Å². The molecule has 0 aliphatic heterocycles. The highest BCUT2D eigenvalue weighted by Crippen LogP contribution is 1.78. The van der Waals surface area contributed by atoms with Crippen molar-refractivity contribution in [2.75, 3.05) is 21.1 Å². The molecule has 0 saturated heterocycles. The molecule has 0 aliphatic carbocycles. The van der Waals surface area contributed by atoms with E-state index in [1.54, 1.807) is 0 Å². The lowest BCUT2D eigenvalue weighted by Crippen LogP contribution is -1.99. The molecule has 0 heterocycles. The van der Waals surface area contributed by atoms with Crippen LogP contribution in [0.1, 0.15) is 0 Å². The van der Waals surface area contributed by atoms with Gasteiger partial charge in [0.05, 0.1) is 0 Å². The second-order valence-corrected chi connectivity index (χ2v) is 2.42. The van der Waals surface area contributed by atoms with Gasteiger partial charge in [-0.1, -0.05) is 30.3 Å². The molecule has 0 N–H and O–H groups in total. The van der Waals surface area contributed by atoms with Crippen LogP contribution in [-0.2, 0) is 0 Å². The van der Waals surface area contributed by atoms with E-state index in [-0.39, 0.29) is 0 Å². The Morgan fingerprint density at radius 3 is 1.40 bits per heavy atom. The van der Waals surface area contributed by atoms with Gasteiger partial charge in [-0.25, -0.2) is 0 Å². The summed E-state index contributed by atoms with van der Waals surface area (Å²) < 4.78 is 0. The van der Waals surface area contributed by atoms with E-state index in [1.807, 2.05) is 56.4 Å². The van der Waals surface area contributed by atoms with Crippen LogP contribution in [0.15, 0.2) is 30.3 Å². The molecule has 0 atom stereocenters. The van der Waals surface area contributed by atoms with Gasteiger partial charge in [-0.15, -0.1) is 0 Å². The molecule has 0 aromatic heterocycles. The van der Waals surface area contributed by atoms with Crippen LogP contribution in [0, 0.1) is 6.07 Å². The smallest absolute Gasteiger partial charge is 0.0140 e. The Kier molecular flexibility index (Phi) is 5.79. The largest absolute Gasteiger partial charge is 0.312 e. The Morgan fingerprint density at radius 1 is 0.900 bits per heavy atom. The molecule has 0 aliphatic rings. The van der Waals surface area contributed by atoms with Crippen molar-refractivity contribution < 1.29 is 0 Å². The summed E-state index contributed by atoms with van der Waals surface area (Å²) in [5.41, 5.74) is 0. The summed E-state index contributed by atoms with van der Waals surface area (Å²) in [5, 5.41) is 0. The maximum Gasteiger partial charge on any atom is -0.0140 e. The van der Waals surface area contributed by atoms with Gasteiger partial charge < -0.3 is 4.90 Å². The Morgan fingerprint density at radius 2 is 1.30 bits per heavy atom. The molecule has 10 heavy (non-hydrogen) atoms. The van der Waals surface area contributed by atoms with E-state index < -0.39 is 0 Å². The summed E-state index contributed by atoms with van der Waals surface area (Å²) in [7, 11) is 6.00. The zero-order valence-corrected chi connectivity index (χ0v) is 6.83. The van der Waals surface area contributed by atoms with Gasteiger partial charge in [-0.05, 0) is 27.2 Å². The van der Waals surface area contributed by atoms with E-state index in [9.17, 15) is 0 Å². The predicted octanol–water partition coefficient (Wildman–Crippen LogP) is 1.66. The third kappa shape index (κ3) is 10.2. The first-order valence-electron chi connectivity index (χ1n) is 3.25. The Balaban J connectivity index is 0.000000180. The average molecular weight is 136 g/mol. The number of benzene rings is 1. The highest BCUT2D eigenvalue weighted by atomic mass is 15.0. The van der Waals surface area contributed by atoms with Crippen LogP contribution in [0.3, 0.4) is 0 Å². The fourth-order valence-electron chi connectivity index (χ4n) is 0.342. The minimum absolute atomic E-state index is 1.88. The molecule has 1 nitrogen and oxygen atoms in total. The van der Waals surface area contributed by atoms with Crippen LogP contribution in [0.4, 0.5) is 0 Å². The molecule has 0 bridgehead atoms. The monoisotopic (exact) mass is 136 g/mol. The van der Waals surface area contributed by atoms with Crippen molar-refractivity contribution in [3.63, 3.8) is 0 Å². The van der Waals surface area contributed by atoms with Gasteiger partial charge in [0.15, 0.2) is 0 Å². The molecule has 0 fully saturated rings. The van der Waals surface area contributed by atoms with Gasteiger partial charge in [-0.3, -0.25) is 0 Å². The average Bonchev–Trinajstić information content (AvgIpc) is 1.90. The van der Waals surface area contributed by atoms with Crippen LogP contribution in [-0.4, -0.2) is 26.0 Å². The zero-order chi connectivity index (χ0) is 7.82. The SMILES string of the molecule is CN(C)C.[c]1ccccc1.